The van der Waals surface area contributed by atoms with Crippen LogP contribution in [-0.2, 0) is 65.9 Å². The van der Waals surface area contributed by atoms with Gasteiger partial charge in [-0.25, -0.2) is 9.59 Å². The van der Waals surface area contributed by atoms with E-state index in [1.54, 1.807) is 51.2 Å². The molecule has 15 heteroatoms. The van der Waals surface area contributed by atoms with Crippen LogP contribution in [0.25, 0.3) is 10.9 Å². The van der Waals surface area contributed by atoms with Crippen molar-refractivity contribution < 1.29 is 43.0 Å². The number of hydrogen-bond acceptors (Lipinski definition) is 9. The lowest BCUT2D eigenvalue weighted by atomic mass is 10.0. The maximum Gasteiger partial charge on any atom is 0.408 e. The number of aromatic nitrogens is 1. The molecule has 0 aliphatic rings. The van der Waals surface area contributed by atoms with E-state index in [4.69, 9.17) is 14.2 Å². The molecule has 15 nitrogen and oxygen atoms in total. The number of H-pyrrole nitrogens is 1. The zero-order chi connectivity index (χ0) is 48.3. The SMILES string of the molecule is CC(C)(C)OC(=O)N[C@H](CC(=O)OCc1ccccc1)C(=O)N[C@@H](Cc1c[nH]c2ccccc12)C(=O)N[C@@H](Cc1ccccc1)C(=O)N[C@@H](CNC(=O)OCc1ccccc1)Cc1ccccc1. The fourth-order valence-electron chi connectivity index (χ4n) is 7.31. The quantitative estimate of drug-likeness (QED) is 0.0339. The Morgan fingerprint density at radius 1 is 0.515 bits per heavy atom. The molecular formula is C53H58N6O9. The highest BCUT2D eigenvalue weighted by molar-refractivity contribution is 5.96. The van der Waals surface area contributed by atoms with Crippen LogP contribution in [0.5, 0.6) is 0 Å². The summed E-state index contributed by atoms with van der Waals surface area (Å²) in [6.45, 7) is 4.94. The lowest BCUT2D eigenvalue weighted by molar-refractivity contribution is -0.147. The van der Waals surface area contributed by atoms with Crippen molar-refractivity contribution in [2.75, 3.05) is 6.54 Å². The molecule has 0 unspecified atom stereocenters. The molecule has 0 radical (unpaired) electrons. The van der Waals surface area contributed by atoms with Gasteiger partial charge in [0.15, 0.2) is 0 Å². The van der Waals surface area contributed by atoms with Crippen LogP contribution in [0, 0.1) is 0 Å². The molecule has 5 amide bonds. The number of alkyl carbamates (subject to hydrolysis) is 2. The standard InChI is InChI=1S/C53H58N6O9/c1-53(2,3)68-52(65)59-46(31-47(60)66-34-38-22-12-6-13-23-38)50(63)58-45(30-40-32-54-43-27-17-16-26-42(40)43)49(62)57-44(29-37-20-10-5-11-21-37)48(61)56-41(28-36-18-8-4-9-19-36)33-55-51(64)67-35-39-24-14-7-15-25-39/h4-27,32,41,44-46,54H,28-31,33-35H2,1-3H3,(H,55,64)(H,56,61)(H,57,62)(H,58,63)(H,59,65)/t41-,44+,45+,46-/m1/s1. The van der Waals surface area contributed by atoms with Gasteiger partial charge >= 0.3 is 18.2 Å². The third-order valence-electron chi connectivity index (χ3n) is 10.6. The van der Waals surface area contributed by atoms with E-state index >= 15 is 0 Å². The molecule has 4 atom stereocenters. The highest BCUT2D eigenvalue weighted by atomic mass is 16.6. The monoisotopic (exact) mass is 922 g/mol. The van der Waals surface area contributed by atoms with E-state index in [-0.39, 0.29) is 32.6 Å². The van der Waals surface area contributed by atoms with E-state index in [0.717, 1.165) is 33.2 Å². The van der Waals surface area contributed by atoms with Gasteiger partial charge in [0, 0.05) is 36.5 Å². The molecule has 0 aliphatic heterocycles. The number of rotatable bonds is 21. The first-order valence-electron chi connectivity index (χ1n) is 22.5. The molecule has 5 aromatic carbocycles. The average molecular weight is 923 g/mol. The summed E-state index contributed by atoms with van der Waals surface area (Å²) in [5.74, 6) is -2.92. The second-order valence-corrected chi connectivity index (χ2v) is 17.3. The molecule has 1 heterocycles. The van der Waals surface area contributed by atoms with Crippen LogP contribution >= 0.6 is 0 Å². The van der Waals surface area contributed by atoms with Crippen molar-refractivity contribution in [3.63, 3.8) is 0 Å². The van der Waals surface area contributed by atoms with Crippen LogP contribution in [-0.4, -0.2) is 77.2 Å². The van der Waals surface area contributed by atoms with Gasteiger partial charge in [0.25, 0.3) is 0 Å². The molecule has 6 N–H and O–H groups in total. The molecule has 0 spiro atoms. The number of carbonyl (C=O) groups excluding carboxylic acids is 6. The van der Waals surface area contributed by atoms with Crippen LogP contribution in [0.15, 0.2) is 152 Å². The first-order chi connectivity index (χ1) is 32.8. The number of amides is 5. The van der Waals surface area contributed by atoms with Crippen LogP contribution in [0.4, 0.5) is 9.59 Å². The van der Waals surface area contributed by atoms with Gasteiger partial charge in [-0.1, -0.05) is 140 Å². The molecule has 6 rings (SSSR count). The van der Waals surface area contributed by atoms with Crippen LogP contribution in [0.3, 0.4) is 0 Å². The maximum atomic E-state index is 14.7. The minimum absolute atomic E-state index is 0.000668. The lowest BCUT2D eigenvalue weighted by Crippen LogP contribution is -2.59. The molecule has 0 saturated heterocycles. The highest BCUT2D eigenvalue weighted by Crippen LogP contribution is 2.20. The number of hydrogen-bond donors (Lipinski definition) is 6. The van der Waals surface area contributed by atoms with E-state index in [9.17, 15) is 28.8 Å². The first-order valence-corrected chi connectivity index (χ1v) is 22.5. The Bertz CT molecular complexity index is 2580. The maximum absolute atomic E-state index is 14.7. The molecule has 0 saturated carbocycles. The molecule has 0 aliphatic carbocycles. The fraction of sp³-hybridized carbons (Fsp3) is 0.283. The molecule has 354 valence electrons. The van der Waals surface area contributed by atoms with Crippen LogP contribution in [0.2, 0.25) is 0 Å². The van der Waals surface area contributed by atoms with Crippen LogP contribution in [0.1, 0.15) is 55.0 Å². The Labute approximate surface area is 395 Å². The number of nitrogens with one attached hydrogen (secondary N) is 6. The summed E-state index contributed by atoms with van der Waals surface area (Å²) in [6, 6.07) is 39.5. The summed E-state index contributed by atoms with van der Waals surface area (Å²) in [6.07, 6.45) is -0.151. The van der Waals surface area contributed by atoms with Gasteiger partial charge in [-0.2, -0.15) is 0 Å². The number of para-hydroxylation sites is 1. The predicted octanol–water partition coefficient (Wildman–Crippen LogP) is 6.60. The van der Waals surface area contributed by atoms with Gasteiger partial charge in [0.05, 0.1) is 12.5 Å². The van der Waals surface area contributed by atoms with Gasteiger partial charge in [0.1, 0.15) is 36.9 Å². The smallest absolute Gasteiger partial charge is 0.408 e. The second-order valence-electron chi connectivity index (χ2n) is 17.3. The van der Waals surface area contributed by atoms with Crippen LogP contribution < -0.4 is 26.6 Å². The molecule has 0 bridgehead atoms. The molecular weight excluding hydrogens is 865 g/mol. The summed E-state index contributed by atoms with van der Waals surface area (Å²) >= 11 is 0. The normalized spacial score (nSPS) is 12.9. The van der Waals surface area contributed by atoms with E-state index < -0.39 is 72.1 Å². The summed E-state index contributed by atoms with van der Waals surface area (Å²) in [5.41, 5.74) is 3.69. The van der Waals surface area contributed by atoms with Crippen molar-refractivity contribution in [3.05, 3.63) is 180 Å². The second kappa shape index (κ2) is 24.5. The minimum Gasteiger partial charge on any atom is -0.461 e. The molecule has 0 fully saturated rings. The Morgan fingerprint density at radius 3 is 1.59 bits per heavy atom. The topological polar surface area (TPSA) is 206 Å². The van der Waals surface area contributed by atoms with E-state index in [1.807, 2.05) is 121 Å². The summed E-state index contributed by atoms with van der Waals surface area (Å²) < 4.78 is 16.4. The lowest BCUT2D eigenvalue weighted by Gasteiger charge is -2.27. The fourth-order valence-corrected chi connectivity index (χ4v) is 7.31. The minimum atomic E-state index is -1.53. The third kappa shape index (κ3) is 16.2. The molecule has 68 heavy (non-hydrogen) atoms. The predicted molar refractivity (Wildman–Crippen MR) is 257 cm³/mol. The van der Waals surface area contributed by atoms with Gasteiger partial charge in [-0.05, 0) is 61.1 Å². The first kappa shape index (κ1) is 49.5. The van der Waals surface area contributed by atoms with Crippen molar-refractivity contribution in [1.82, 2.24) is 31.6 Å². The number of fused-ring (bicyclic) bond motifs is 1. The molecule has 6 aromatic rings. The average Bonchev–Trinajstić information content (AvgIpc) is 3.74. The van der Waals surface area contributed by atoms with Crippen molar-refractivity contribution in [3.8, 4) is 0 Å². The van der Waals surface area contributed by atoms with Gasteiger partial charge in [-0.3, -0.25) is 19.2 Å². The highest BCUT2D eigenvalue weighted by Gasteiger charge is 2.33. The molecule has 1 aromatic heterocycles. The number of benzene rings is 5. The van der Waals surface area contributed by atoms with Crippen molar-refractivity contribution in [1.29, 1.82) is 0 Å². The Hall–Kier alpha value is -7.94. The zero-order valence-corrected chi connectivity index (χ0v) is 38.4. The van der Waals surface area contributed by atoms with Crippen molar-refractivity contribution in [2.45, 2.75) is 89.4 Å². The largest absolute Gasteiger partial charge is 0.461 e. The van der Waals surface area contributed by atoms with E-state index in [1.165, 1.54) is 0 Å². The van der Waals surface area contributed by atoms with Gasteiger partial charge in [-0.15, -0.1) is 0 Å². The summed E-state index contributed by atoms with van der Waals surface area (Å²) in [4.78, 5) is 86.0. The van der Waals surface area contributed by atoms with Gasteiger partial charge < -0.3 is 45.8 Å². The Kier molecular flexibility index (Phi) is 17.9. The van der Waals surface area contributed by atoms with Gasteiger partial charge in [0.2, 0.25) is 17.7 Å². The van der Waals surface area contributed by atoms with Crippen molar-refractivity contribution in [2.24, 2.45) is 0 Å². The number of ether oxygens (including phenoxy) is 3. The number of aromatic amines is 1. The van der Waals surface area contributed by atoms with E-state index in [2.05, 4.69) is 31.6 Å². The number of esters is 1. The Morgan fingerprint density at radius 2 is 1.00 bits per heavy atom. The summed E-state index contributed by atoms with van der Waals surface area (Å²) in [7, 11) is 0. The van der Waals surface area contributed by atoms with Crippen molar-refractivity contribution >= 4 is 46.8 Å². The van der Waals surface area contributed by atoms with E-state index in [0.29, 0.717) is 12.0 Å². The number of carbonyl (C=O) groups is 6. The third-order valence-corrected chi connectivity index (χ3v) is 10.6. The zero-order valence-electron chi connectivity index (χ0n) is 38.4. The Balaban J connectivity index is 1.24. The summed E-state index contributed by atoms with van der Waals surface area (Å²) in [5, 5.41) is 14.8.